The summed E-state index contributed by atoms with van der Waals surface area (Å²) in [6, 6.07) is 5.96. The number of amides is 1. The molecule has 1 aromatic rings. The van der Waals surface area contributed by atoms with Gasteiger partial charge < -0.3 is 15.8 Å². The van der Waals surface area contributed by atoms with Crippen molar-refractivity contribution in [3.05, 3.63) is 23.8 Å². The maximum Gasteiger partial charge on any atom is 0.265 e. The van der Waals surface area contributed by atoms with Gasteiger partial charge in [-0.05, 0) is 57.7 Å². The zero-order chi connectivity index (χ0) is 14.0. The highest BCUT2D eigenvalue weighted by atomic mass is 16.5. The van der Waals surface area contributed by atoms with E-state index in [0.29, 0.717) is 0 Å². The first-order valence-electron chi connectivity index (χ1n) is 6.74. The van der Waals surface area contributed by atoms with Crippen LogP contribution in [0.2, 0.25) is 0 Å². The number of carbonyl (C=O) groups is 1. The molecule has 0 spiro atoms. The van der Waals surface area contributed by atoms with Gasteiger partial charge in [-0.3, -0.25) is 4.79 Å². The molecule has 1 aliphatic rings. The third-order valence-corrected chi connectivity index (χ3v) is 3.26. The Bertz CT molecular complexity index is 478. The number of anilines is 1. The second kappa shape index (κ2) is 5.21. The minimum atomic E-state index is -0.420. The fraction of sp³-hybridized carbons (Fsp3) is 0.533. The quantitative estimate of drug-likeness (QED) is 0.876. The van der Waals surface area contributed by atoms with Crippen LogP contribution in [0.3, 0.4) is 0 Å². The van der Waals surface area contributed by atoms with Crippen LogP contribution >= 0.6 is 0 Å². The average molecular weight is 262 g/mol. The fourth-order valence-electron chi connectivity index (χ4n) is 2.16. The first kappa shape index (κ1) is 13.9. The Hall–Kier alpha value is -1.55. The molecule has 0 saturated carbocycles. The Morgan fingerprint density at radius 2 is 2.16 bits per heavy atom. The number of hydrogen-bond donors (Lipinski definition) is 2. The first-order chi connectivity index (χ1) is 8.85. The molecular weight excluding hydrogens is 240 g/mol. The van der Waals surface area contributed by atoms with Gasteiger partial charge in [-0.2, -0.15) is 0 Å². The van der Waals surface area contributed by atoms with Gasteiger partial charge in [0, 0.05) is 5.54 Å². The Balaban J connectivity index is 2.01. The number of carbonyl (C=O) groups excluding carboxylic acids is 1. The molecule has 104 valence electrons. The average Bonchev–Trinajstić information content (AvgIpc) is 2.29. The second-order valence-corrected chi connectivity index (χ2v) is 5.92. The third-order valence-electron chi connectivity index (χ3n) is 3.26. The van der Waals surface area contributed by atoms with Crippen LogP contribution in [0.15, 0.2) is 18.2 Å². The number of benzene rings is 1. The Morgan fingerprint density at radius 3 is 2.84 bits per heavy atom. The summed E-state index contributed by atoms with van der Waals surface area (Å²) in [6.07, 6.45) is 2.55. The summed E-state index contributed by atoms with van der Waals surface area (Å²) in [5.41, 5.74) is 7.81. The van der Waals surface area contributed by atoms with Crippen LogP contribution in [-0.2, 0) is 11.2 Å². The minimum Gasteiger partial charge on any atom is -0.479 e. The van der Waals surface area contributed by atoms with Crippen molar-refractivity contribution in [2.24, 2.45) is 5.73 Å². The molecule has 4 heteroatoms. The van der Waals surface area contributed by atoms with E-state index in [2.05, 4.69) is 5.32 Å². The molecule has 2 rings (SSSR count). The van der Waals surface area contributed by atoms with Crippen LogP contribution in [0.5, 0.6) is 5.75 Å². The van der Waals surface area contributed by atoms with Gasteiger partial charge in [0.2, 0.25) is 0 Å². The molecule has 0 radical (unpaired) electrons. The van der Waals surface area contributed by atoms with Crippen LogP contribution in [0.1, 0.15) is 39.2 Å². The lowest BCUT2D eigenvalue weighted by Crippen LogP contribution is -2.34. The predicted octanol–water partition coefficient (Wildman–Crippen LogP) is 2.47. The number of nitrogens with two attached hydrogens (primary N) is 1. The zero-order valence-corrected chi connectivity index (χ0v) is 11.8. The highest BCUT2D eigenvalue weighted by Gasteiger charge is 2.23. The molecule has 1 atom stereocenters. The fourth-order valence-corrected chi connectivity index (χ4v) is 2.16. The van der Waals surface area contributed by atoms with E-state index >= 15 is 0 Å². The number of fused-ring (bicyclic) bond motifs is 1. The minimum absolute atomic E-state index is 0.0901. The molecule has 1 heterocycles. The van der Waals surface area contributed by atoms with E-state index < -0.39 is 6.10 Å². The third kappa shape index (κ3) is 3.70. The molecule has 19 heavy (non-hydrogen) atoms. The first-order valence-corrected chi connectivity index (χ1v) is 6.74. The maximum atomic E-state index is 11.6. The van der Waals surface area contributed by atoms with Crippen molar-refractivity contribution >= 4 is 11.6 Å². The standard InChI is InChI=1S/C15H22N2O2/c1-10-14(18)17-12-9-11(6-7-13(12)19-10)5-4-8-15(2,3)16/h6-7,9-10H,4-5,8,16H2,1-3H3,(H,17,18). The number of hydrogen-bond acceptors (Lipinski definition) is 3. The monoisotopic (exact) mass is 262 g/mol. The molecule has 4 nitrogen and oxygen atoms in total. The van der Waals surface area contributed by atoms with E-state index in [1.165, 1.54) is 5.56 Å². The van der Waals surface area contributed by atoms with Gasteiger partial charge in [-0.15, -0.1) is 0 Å². The van der Waals surface area contributed by atoms with Gasteiger partial charge in [0.1, 0.15) is 5.75 Å². The summed E-state index contributed by atoms with van der Waals surface area (Å²) >= 11 is 0. The Kier molecular flexibility index (Phi) is 3.80. The van der Waals surface area contributed by atoms with Crippen molar-refractivity contribution in [1.29, 1.82) is 0 Å². The van der Waals surface area contributed by atoms with E-state index in [4.69, 9.17) is 10.5 Å². The van der Waals surface area contributed by atoms with E-state index in [-0.39, 0.29) is 11.4 Å². The molecule has 1 aliphatic heterocycles. The molecule has 0 fully saturated rings. The molecular formula is C15H22N2O2. The summed E-state index contributed by atoms with van der Waals surface area (Å²) < 4.78 is 5.53. The van der Waals surface area contributed by atoms with E-state index in [9.17, 15) is 4.79 Å². The van der Waals surface area contributed by atoms with Crippen LogP contribution in [0.4, 0.5) is 5.69 Å². The van der Waals surface area contributed by atoms with Crippen molar-refractivity contribution in [1.82, 2.24) is 0 Å². The second-order valence-electron chi connectivity index (χ2n) is 5.92. The van der Waals surface area contributed by atoms with Crippen molar-refractivity contribution in [3.63, 3.8) is 0 Å². The number of nitrogens with one attached hydrogen (secondary N) is 1. The zero-order valence-electron chi connectivity index (χ0n) is 11.8. The molecule has 0 aromatic heterocycles. The summed E-state index contributed by atoms with van der Waals surface area (Å²) in [6.45, 7) is 5.82. The van der Waals surface area contributed by atoms with Crippen LogP contribution in [0.25, 0.3) is 0 Å². The summed E-state index contributed by atoms with van der Waals surface area (Å²) in [4.78, 5) is 11.6. The smallest absolute Gasteiger partial charge is 0.265 e. The molecule has 1 amide bonds. The maximum absolute atomic E-state index is 11.6. The van der Waals surface area contributed by atoms with Crippen molar-refractivity contribution in [3.8, 4) is 5.75 Å². The number of ether oxygens (including phenoxy) is 1. The van der Waals surface area contributed by atoms with Gasteiger partial charge in [0.25, 0.3) is 5.91 Å². The van der Waals surface area contributed by atoms with Crippen molar-refractivity contribution < 1.29 is 9.53 Å². The highest BCUT2D eigenvalue weighted by molar-refractivity contribution is 5.97. The number of aryl methyl sites for hydroxylation is 1. The van der Waals surface area contributed by atoms with Gasteiger partial charge in [0.05, 0.1) is 5.69 Å². The normalized spacial score (nSPS) is 18.5. The van der Waals surface area contributed by atoms with E-state index in [0.717, 1.165) is 30.7 Å². The molecule has 1 aromatic carbocycles. The van der Waals surface area contributed by atoms with Gasteiger partial charge >= 0.3 is 0 Å². The van der Waals surface area contributed by atoms with Gasteiger partial charge in [0.15, 0.2) is 6.10 Å². The van der Waals surface area contributed by atoms with E-state index in [1.54, 1.807) is 6.92 Å². The molecule has 1 unspecified atom stereocenters. The van der Waals surface area contributed by atoms with Crippen LogP contribution in [-0.4, -0.2) is 17.6 Å². The molecule has 0 bridgehead atoms. The molecule has 0 aliphatic carbocycles. The van der Waals surface area contributed by atoms with Crippen LogP contribution in [0, 0.1) is 0 Å². The lowest BCUT2D eigenvalue weighted by molar-refractivity contribution is -0.122. The molecule has 3 N–H and O–H groups in total. The predicted molar refractivity (Wildman–Crippen MR) is 76.4 cm³/mol. The van der Waals surface area contributed by atoms with Crippen molar-refractivity contribution in [2.45, 2.75) is 51.7 Å². The molecule has 0 saturated heterocycles. The van der Waals surface area contributed by atoms with Crippen molar-refractivity contribution in [2.75, 3.05) is 5.32 Å². The Labute approximate surface area is 114 Å². The van der Waals surface area contributed by atoms with Gasteiger partial charge in [-0.25, -0.2) is 0 Å². The lowest BCUT2D eigenvalue weighted by atomic mass is 9.96. The summed E-state index contributed by atoms with van der Waals surface area (Å²) in [5.74, 6) is 0.655. The highest BCUT2D eigenvalue weighted by Crippen LogP contribution is 2.30. The lowest BCUT2D eigenvalue weighted by Gasteiger charge is -2.24. The largest absolute Gasteiger partial charge is 0.479 e. The van der Waals surface area contributed by atoms with E-state index in [1.807, 2.05) is 32.0 Å². The number of rotatable bonds is 4. The topological polar surface area (TPSA) is 64.3 Å². The Morgan fingerprint density at radius 1 is 1.42 bits per heavy atom. The van der Waals surface area contributed by atoms with Gasteiger partial charge in [-0.1, -0.05) is 6.07 Å². The summed E-state index contributed by atoms with van der Waals surface area (Å²) in [7, 11) is 0. The van der Waals surface area contributed by atoms with Crippen LogP contribution < -0.4 is 15.8 Å². The SMILES string of the molecule is CC1Oc2ccc(CCCC(C)(C)N)cc2NC1=O. The summed E-state index contributed by atoms with van der Waals surface area (Å²) in [5, 5.41) is 2.87.